The third-order valence-corrected chi connectivity index (χ3v) is 3.23. The minimum absolute atomic E-state index is 0.158. The average Bonchev–Trinajstić information content (AvgIpc) is 2.98. The van der Waals surface area contributed by atoms with Crippen molar-refractivity contribution in [1.82, 2.24) is 10.6 Å². The summed E-state index contributed by atoms with van der Waals surface area (Å²) in [6.45, 7) is 9.84. The van der Waals surface area contributed by atoms with Crippen LogP contribution in [0.4, 0.5) is 4.79 Å². The number of hydrogen-bond acceptors (Lipinski definition) is 5. The van der Waals surface area contributed by atoms with Crippen LogP contribution in [0.25, 0.3) is 0 Å². The van der Waals surface area contributed by atoms with Crippen molar-refractivity contribution in [1.29, 1.82) is 0 Å². The van der Waals surface area contributed by atoms with Gasteiger partial charge in [-0.05, 0) is 32.3 Å². The van der Waals surface area contributed by atoms with Crippen LogP contribution in [0, 0.1) is 0 Å². The Kier molecular flexibility index (Phi) is 13.4. The fraction of sp³-hybridized carbons (Fsp3) is 0.722. The van der Waals surface area contributed by atoms with E-state index in [9.17, 15) is 9.59 Å². The third kappa shape index (κ3) is 12.2. The Morgan fingerprint density at radius 2 is 2.00 bits per heavy atom. The van der Waals surface area contributed by atoms with Crippen LogP contribution in [0.3, 0.4) is 0 Å². The van der Waals surface area contributed by atoms with Gasteiger partial charge in [0.15, 0.2) is 6.23 Å². The molecule has 1 fully saturated rings. The summed E-state index contributed by atoms with van der Waals surface area (Å²) < 4.78 is 10.7. The van der Waals surface area contributed by atoms with Crippen molar-refractivity contribution < 1.29 is 19.1 Å². The van der Waals surface area contributed by atoms with Gasteiger partial charge in [0, 0.05) is 13.1 Å². The minimum Gasteiger partial charge on any atom is -0.449 e. The van der Waals surface area contributed by atoms with Crippen LogP contribution in [0.1, 0.15) is 66.7 Å². The number of ether oxygens (including phenoxy) is 2. The molecule has 25 heavy (non-hydrogen) atoms. The molecule has 0 bridgehead atoms. The average molecular weight is 355 g/mol. The second-order valence-electron chi connectivity index (χ2n) is 5.49. The molecule has 1 aliphatic rings. The fourth-order valence-corrected chi connectivity index (χ4v) is 2.04. The van der Waals surface area contributed by atoms with Gasteiger partial charge in [-0.15, -0.1) is 0 Å². The number of nitrogens with zero attached hydrogens (tertiary/aromatic N) is 1. The molecule has 0 aromatic carbocycles. The van der Waals surface area contributed by atoms with E-state index >= 15 is 0 Å². The van der Waals surface area contributed by atoms with Crippen molar-refractivity contribution in [2.75, 3.05) is 6.61 Å². The molecule has 1 saturated heterocycles. The summed E-state index contributed by atoms with van der Waals surface area (Å²) >= 11 is 0. The highest BCUT2D eigenvalue weighted by Gasteiger charge is 2.21. The van der Waals surface area contributed by atoms with Crippen LogP contribution in [-0.4, -0.2) is 36.8 Å². The normalized spacial score (nSPS) is 20.0. The lowest BCUT2D eigenvalue weighted by molar-refractivity contribution is -0.118. The lowest BCUT2D eigenvalue weighted by Gasteiger charge is -2.10. The second-order valence-corrected chi connectivity index (χ2v) is 5.49. The number of nitrogens with one attached hydrogen (secondary N) is 2. The van der Waals surface area contributed by atoms with E-state index in [1.165, 1.54) is 19.2 Å². The van der Waals surface area contributed by atoms with Gasteiger partial charge < -0.3 is 14.8 Å². The molecule has 0 aromatic rings. The van der Waals surface area contributed by atoms with E-state index in [2.05, 4.69) is 22.5 Å². The van der Waals surface area contributed by atoms with Gasteiger partial charge in [0.05, 0.1) is 12.7 Å². The number of alkyl carbamates (subject to hydrolysis) is 1. The van der Waals surface area contributed by atoms with Gasteiger partial charge in [0.2, 0.25) is 5.91 Å². The molecule has 0 spiro atoms. The Morgan fingerprint density at radius 3 is 2.56 bits per heavy atom. The van der Waals surface area contributed by atoms with E-state index < -0.39 is 6.09 Å². The van der Waals surface area contributed by atoms with Gasteiger partial charge in [-0.3, -0.25) is 10.1 Å². The van der Waals surface area contributed by atoms with Crippen LogP contribution >= 0.6 is 0 Å². The van der Waals surface area contributed by atoms with E-state index in [1.54, 1.807) is 0 Å². The van der Waals surface area contributed by atoms with Crippen molar-refractivity contribution in [3.63, 3.8) is 0 Å². The number of unbranched alkanes of at least 4 members (excludes halogenated alkanes) is 2. The number of rotatable bonds is 7. The first-order chi connectivity index (χ1) is 12.0. The van der Waals surface area contributed by atoms with Gasteiger partial charge in [0.25, 0.3) is 0 Å². The summed E-state index contributed by atoms with van der Waals surface area (Å²) in [7, 11) is 0. The molecule has 2 unspecified atom stereocenters. The van der Waals surface area contributed by atoms with Crippen molar-refractivity contribution in [2.24, 2.45) is 4.99 Å². The maximum Gasteiger partial charge on any atom is 0.412 e. The predicted molar refractivity (Wildman–Crippen MR) is 99.3 cm³/mol. The Labute approximate surface area is 151 Å². The van der Waals surface area contributed by atoms with Gasteiger partial charge >= 0.3 is 6.09 Å². The zero-order valence-electron chi connectivity index (χ0n) is 16.1. The number of hydrogen-bond donors (Lipinski definition) is 2. The number of aliphatic imine (C=N–C) groups is 1. The first-order valence-corrected chi connectivity index (χ1v) is 9.12. The molecule has 0 saturated carbocycles. The van der Waals surface area contributed by atoms with Crippen LogP contribution in [0.5, 0.6) is 0 Å². The summed E-state index contributed by atoms with van der Waals surface area (Å²) in [6.07, 6.45) is 6.90. The Hall–Kier alpha value is -1.89. The summed E-state index contributed by atoms with van der Waals surface area (Å²) in [5.74, 6) is 0.104. The van der Waals surface area contributed by atoms with Crippen LogP contribution < -0.4 is 10.6 Å². The second kappa shape index (κ2) is 14.5. The van der Waals surface area contributed by atoms with Crippen molar-refractivity contribution >= 4 is 17.8 Å². The van der Waals surface area contributed by atoms with E-state index in [1.807, 2.05) is 20.8 Å². The molecule has 2 atom stereocenters. The summed E-state index contributed by atoms with van der Waals surface area (Å²) in [5.41, 5.74) is 0. The summed E-state index contributed by atoms with van der Waals surface area (Å²) in [6, 6.07) is 0. The topological polar surface area (TPSA) is 89.0 Å². The number of amides is 2. The van der Waals surface area contributed by atoms with Crippen molar-refractivity contribution in [2.45, 2.75) is 79.1 Å². The summed E-state index contributed by atoms with van der Waals surface area (Å²) in [4.78, 5) is 27.0. The van der Waals surface area contributed by atoms with E-state index in [0.717, 1.165) is 32.1 Å². The van der Waals surface area contributed by atoms with Gasteiger partial charge in [-0.2, -0.15) is 0 Å². The first-order valence-electron chi connectivity index (χ1n) is 9.12. The quantitative estimate of drug-likeness (QED) is 0.415. The number of amidine groups is 1. The highest BCUT2D eigenvalue weighted by atomic mass is 16.5. The van der Waals surface area contributed by atoms with Gasteiger partial charge in [-0.1, -0.05) is 33.6 Å². The smallest absolute Gasteiger partial charge is 0.412 e. The zero-order valence-corrected chi connectivity index (χ0v) is 16.1. The van der Waals surface area contributed by atoms with E-state index in [4.69, 9.17) is 9.47 Å². The Bertz CT molecular complexity index is 450. The number of carbonyl (C=O) groups excluding carboxylic acids is 2. The van der Waals surface area contributed by atoms with Gasteiger partial charge in [-0.25, -0.2) is 9.79 Å². The monoisotopic (exact) mass is 355 g/mol. The molecule has 1 aliphatic heterocycles. The molecule has 1 rings (SSSR count). The largest absolute Gasteiger partial charge is 0.449 e. The highest BCUT2D eigenvalue weighted by molar-refractivity contribution is 6.02. The maximum absolute atomic E-state index is 11.8. The molecule has 2 N–H and O–H groups in total. The molecule has 7 heteroatoms. The van der Waals surface area contributed by atoms with Crippen LogP contribution in [0.2, 0.25) is 0 Å². The predicted octanol–water partition coefficient (Wildman–Crippen LogP) is 3.50. The zero-order chi connectivity index (χ0) is 19.1. The molecular weight excluding hydrogens is 322 g/mol. The summed E-state index contributed by atoms with van der Waals surface area (Å²) in [5, 5.41) is 5.09. The molecule has 0 radical (unpaired) electrons. The Balaban J connectivity index is 0.00000277. The van der Waals surface area contributed by atoms with E-state index in [-0.39, 0.29) is 18.2 Å². The molecule has 7 nitrogen and oxygen atoms in total. The molecule has 2 amide bonds. The lowest BCUT2D eigenvalue weighted by Crippen LogP contribution is -2.31. The standard InChI is InChI=1S/C16H27N3O4.C2H6/c1-4-5-6-11-22-16(21)19-14(9-10-17-13(3)20)18-15-8-7-12(2)23-15;1-2/h9-10,12,15H,4-8,11H2,1-3H3,(H,17,20)(H,18,19,21);1-2H3/b10-9-;. The molecule has 0 aliphatic carbocycles. The van der Waals surface area contributed by atoms with E-state index in [0.29, 0.717) is 12.4 Å². The SMILES string of the molecule is CC.CCCCCOC(=O)NC(/C=C\NC(C)=O)=N/C1CCC(C)O1. The van der Waals surface area contributed by atoms with Crippen molar-refractivity contribution in [3.8, 4) is 0 Å². The highest BCUT2D eigenvalue weighted by Crippen LogP contribution is 2.19. The van der Waals surface area contributed by atoms with Crippen molar-refractivity contribution in [3.05, 3.63) is 12.3 Å². The van der Waals surface area contributed by atoms with Crippen LogP contribution in [0.15, 0.2) is 17.3 Å². The fourth-order valence-electron chi connectivity index (χ4n) is 2.04. The van der Waals surface area contributed by atoms with Crippen LogP contribution in [-0.2, 0) is 14.3 Å². The molecule has 0 aromatic heterocycles. The van der Waals surface area contributed by atoms with Gasteiger partial charge in [0.1, 0.15) is 5.84 Å². The minimum atomic E-state index is -0.557. The third-order valence-electron chi connectivity index (χ3n) is 3.23. The number of carbonyl (C=O) groups is 2. The molecule has 1 heterocycles. The molecule has 144 valence electrons. The maximum atomic E-state index is 11.8. The first kappa shape index (κ1) is 23.1. The molecular formula is C18H33N3O4. The lowest BCUT2D eigenvalue weighted by atomic mass is 10.2. The Morgan fingerprint density at radius 1 is 1.28 bits per heavy atom.